The van der Waals surface area contributed by atoms with Crippen LogP contribution in [0.25, 0.3) is 0 Å². The van der Waals surface area contributed by atoms with E-state index >= 15 is 0 Å². The number of imide groups is 1. The largest absolute Gasteiger partial charge is 0.287 e. The fourth-order valence-electron chi connectivity index (χ4n) is 2.62. The van der Waals surface area contributed by atoms with E-state index in [9.17, 15) is 14.4 Å². The average Bonchev–Trinajstić information content (AvgIpc) is 2.87. The van der Waals surface area contributed by atoms with Gasteiger partial charge in [0.1, 0.15) is 6.04 Å². The number of benzene rings is 2. The van der Waals surface area contributed by atoms with Crippen molar-refractivity contribution in [1.29, 1.82) is 0 Å². The Morgan fingerprint density at radius 3 is 2.56 bits per heavy atom. The summed E-state index contributed by atoms with van der Waals surface area (Å²) in [5, 5.41) is 0. The summed E-state index contributed by atoms with van der Waals surface area (Å²) >= 11 is 3.32. The molecule has 0 aliphatic carbocycles. The molecule has 1 aliphatic heterocycles. The topological polar surface area (TPSA) is 78.5 Å². The van der Waals surface area contributed by atoms with Gasteiger partial charge in [-0.25, -0.2) is 10.3 Å². The number of carbonyl (C=O) groups excluding carboxylic acids is 3. The molecule has 3 rings (SSSR count). The first-order chi connectivity index (χ1) is 12.0. The molecular formula is C18H16BrN3O3. The molecule has 25 heavy (non-hydrogen) atoms. The predicted octanol–water partition coefficient (Wildman–Crippen LogP) is 2.32. The third kappa shape index (κ3) is 3.78. The van der Waals surface area contributed by atoms with Crippen LogP contribution in [0.1, 0.15) is 22.3 Å². The number of nitrogens with one attached hydrogen (secondary N) is 2. The minimum atomic E-state index is -0.787. The lowest BCUT2D eigenvalue weighted by atomic mass is 10.1. The summed E-state index contributed by atoms with van der Waals surface area (Å²) in [7, 11) is 0. The minimum Gasteiger partial charge on any atom is -0.287 e. The minimum absolute atomic E-state index is 0.0109. The molecule has 1 aliphatic rings. The third-order valence-corrected chi connectivity index (χ3v) is 4.40. The summed E-state index contributed by atoms with van der Waals surface area (Å²) in [5.74, 6) is -1.06. The van der Waals surface area contributed by atoms with Crippen molar-refractivity contribution in [2.75, 3.05) is 4.90 Å². The van der Waals surface area contributed by atoms with E-state index in [1.807, 2.05) is 13.0 Å². The summed E-state index contributed by atoms with van der Waals surface area (Å²) in [6.45, 7) is 1.89. The van der Waals surface area contributed by atoms with Crippen molar-refractivity contribution >= 4 is 39.3 Å². The SMILES string of the molecule is Cc1cccc(C(=O)NN[C@H]2CC(=O)N(c3ccc(Br)cc3)C2=O)c1. The molecule has 2 aromatic rings. The lowest BCUT2D eigenvalue weighted by Crippen LogP contribution is -2.48. The average molecular weight is 402 g/mol. The monoisotopic (exact) mass is 401 g/mol. The zero-order valence-electron chi connectivity index (χ0n) is 13.5. The molecule has 128 valence electrons. The lowest BCUT2D eigenvalue weighted by Gasteiger charge is -2.16. The molecule has 0 unspecified atom stereocenters. The lowest BCUT2D eigenvalue weighted by molar-refractivity contribution is -0.121. The molecule has 0 spiro atoms. The maximum atomic E-state index is 12.5. The highest BCUT2D eigenvalue weighted by molar-refractivity contribution is 9.10. The predicted molar refractivity (Wildman–Crippen MR) is 96.8 cm³/mol. The van der Waals surface area contributed by atoms with Crippen LogP contribution in [0.3, 0.4) is 0 Å². The van der Waals surface area contributed by atoms with Crippen molar-refractivity contribution in [3.8, 4) is 0 Å². The van der Waals surface area contributed by atoms with Crippen LogP contribution in [0.15, 0.2) is 53.0 Å². The molecule has 0 radical (unpaired) electrons. The van der Waals surface area contributed by atoms with Crippen LogP contribution in [-0.2, 0) is 9.59 Å². The van der Waals surface area contributed by atoms with Gasteiger partial charge in [0, 0.05) is 10.0 Å². The molecule has 1 atom stereocenters. The molecule has 6 nitrogen and oxygen atoms in total. The number of halogens is 1. The first-order valence-electron chi connectivity index (χ1n) is 7.70. The Balaban J connectivity index is 1.66. The Morgan fingerprint density at radius 2 is 1.88 bits per heavy atom. The molecule has 3 amide bonds. The van der Waals surface area contributed by atoms with E-state index in [1.165, 1.54) is 0 Å². The van der Waals surface area contributed by atoms with Crippen molar-refractivity contribution in [3.63, 3.8) is 0 Å². The standard InChI is InChI=1S/C18H16BrN3O3/c1-11-3-2-4-12(9-11)17(24)21-20-15-10-16(23)22(18(15)25)14-7-5-13(19)6-8-14/h2-9,15,20H,10H2,1H3,(H,21,24)/t15-/m0/s1. The van der Waals surface area contributed by atoms with Gasteiger partial charge in [0.15, 0.2) is 0 Å². The fraction of sp³-hybridized carbons (Fsp3) is 0.167. The Labute approximate surface area is 153 Å². The molecule has 1 saturated heterocycles. The van der Waals surface area contributed by atoms with Crippen LogP contribution in [0, 0.1) is 6.92 Å². The number of anilines is 1. The maximum absolute atomic E-state index is 12.5. The van der Waals surface area contributed by atoms with E-state index in [2.05, 4.69) is 26.8 Å². The highest BCUT2D eigenvalue weighted by Crippen LogP contribution is 2.24. The second-order valence-corrected chi connectivity index (χ2v) is 6.68. The molecule has 0 aromatic heterocycles. The molecule has 2 N–H and O–H groups in total. The van der Waals surface area contributed by atoms with Crippen molar-refractivity contribution in [2.45, 2.75) is 19.4 Å². The quantitative estimate of drug-likeness (QED) is 0.608. The highest BCUT2D eigenvalue weighted by atomic mass is 79.9. The number of amides is 3. The van der Waals surface area contributed by atoms with Gasteiger partial charge in [0.2, 0.25) is 5.91 Å². The third-order valence-electron chi connectivity index (χ3n) is 3.87. The summed E-state index contributed by atoms with van der Waals surface area (Å²) in [4.78, 5) is 37.9. The Kier molecular flexibility index (Phi) is 4.96. The van der Waals surface area contributed by atoms with E-state index in [0.29, 0.717) is 11.3 Å². The highest BCUT2D eigenvalue weighted by Gasteiger charge is 2.39. The van der Waals surface area contributed by atoms with Gasteiger partial charge in [-0.2, -0.15) is 0 Å². The number of aryl methyl sites for hydroxylation is 1. The number of nitrogens with zero attached hydrogens (tertiary/aromatic N) is 1. The fourth-order valence-corrected chi connectivity index (χ4v) is 2.88. The normalized spacial score (nSPS) is 17.0. The number of rotatable bonds is 4. The van der Waals surface area contributed by atoms with Crippen LogP contribution in [0.2, 0.25) is 0 Å². The number of hydrazine groups is 1. The molecular weight excluding hydrogens is 386 g/mol. The molecule has 2 aromatic carbocycles. The van der Waals surface area contributed by atoms with Crippen molar-refractivity contribution < 1.29 is 14.4 Å². The molecule has 7 heteroatoms. The van der Waals surface area contributed by atoms with Crippen molar-refractivity contribution in [1.82, 2.24) is 10.9 Å². The van der Waals surface area contributed by atoms with Crippen molar-refractivity contribution in [3.05, 3.63) is 64.1 Å². The van der Waals surface area contributed by atoms with Gasteiger partial charge in [-0.1, -0.05) is 33.6 Å². The van der Waals surface area contributed by atoms with Crippen LogP contribution in [0.4, 0.5) is 5.69 Å². The second-order valence-electron chi connectivity index (χ2n) is 5.77. The van der Waals surface area contributed by atoms with E-state index in [4.69, 9.17) is 0 Å². The van der Waals surface area contributed by atoms with Crippen LogP contribution in [-0.4, -0.2) is 23.8 Å². The Hall–Kier alpha value is -2.51. The first kappa shape index (κ1) is 17.3. The van der Waals surface area contributed by atoms with E-state index in [-0.39, 0.29) is 18.2 Å². The van der Waals surface area contributed by atoms with Gasteiger partial charge < -0.3 is 0 Å². The number of hydrogen-bond acceptors (Lipinski definition) is 4. The van der Waals surface area contributed by atoms with Gasteiger partial charge >= 0.3 is 0 Å². The zero-order chi connectivity index (χ0) is 18.0. The first-order valence-corrected chi connectivity index (χ1v) is 8.50. The number of carbonyl (C=O) groups is 3. The molecule has 1 fully saturated rings. The van der Waals surface area contributed by atoms with Gasteiger partial charge in [0.25, 0.3) is 11.8 Å². The summed E-state index contributed by atoms with van der Waals surface area (Å²) in [5.41, 5.74) is 7.12. The summed E-state index contributed by atoms with van der Waals surface area (Å²) < 4.78 is 0.857. The summed E-state index contributed by atoms with van der Waals surface area (Å²) in [6.07, 6.45) is -0.0109. The van der Waals surface area contributed by atoms with Crippen LogP contribution in [0.5, 0.6) is 0 Å². The molecule has 0 bridgehead atoms. The van der Waals surface area contributed by atoms with Gasteiger partial charge in [-0.05, 0) is 43.3 Å². The molecule has 1 heterocycles. The van der Waals surface area contributed by atoms with Crippen LogP contribution < -0.4 is 15.8 Å². The second kappa shape index (κ2) is 7.16. The molecule has 0 saturated carbocycles. The smallest absolute Gasteiger partial charge is 0.265 e. The van der Waals surface area contributed by atoms with Gasteiger partial charge in [-0.3, -0.25) is 19.8 Å². The van der Waals surface area contributed by atoms with Crippen LogP contribution >= 0.6 is 15.9 Å². The van der Waals surface area contributed by atoms with E-state index < -0.39 is 11.9 Å². The Morgan fingerprint density at radius 1 is 1.16 bits per heavy atom. The Bertz CT molecular complexity index is 836. The van der Waals surface area contributed by atoms with Gasteiger partial charge in [0.05, 0.1) is 12.1 Å². The van der Waals surface area contributed by atoms with E-state index in [1.54, 1.807) is 42.5 Å². The van der Waals surface area contributed by atoms with E-state index in [0.717, 1.165) is 14.9 Å². The van der Waals surface area contributed by atoms with Gasteiger partial charge in [-0.15, -0.1) is 0 Å². The van der Waals surface area contributed by atoms with Crippen molar-refractivity contribution in [2.24, 2.45) is 0 Å². The summed E-state index contributed by atoms with van der Waals surface area (Å²) in [6, 6.07) is 13.2. The number of hydrogen-bond donors (Lipinski definition) is 2. The zero-order valence-corrected chi connectivity index (χ0v) is 15.0. The maximum Gasteiger partial charge on any atom is 0.265 e.